The average Bonchev–Trinajstić information content (AvgIpc) is 2.92. The highest BCUT2D eigenvalue weighted by atomic mass is 19.2. The Morgan fingerprint density at radius 3 is 2.71 bits per heavy atom. The Kier molecular flexibility index (Phi) is 2.44. The molecule has 1 aliphatic carbocycles. The summed E-state index contributed by atoms with van der Waals surface area (Å²) in [6, 6.07) is 2.25. The minimum absolute atomic E-state index is 0.0885. The molecule has 0 saturated heterocycles. The third kappa shape index (κ3) is 2.06. The van der Waals surface area contributed by atoms with Crippen LogP contribution in [0.25, 0.3) is 0 Å². The summed E-state index contributed by atoms with van der Waals surface area (Å²) in [4.78, 5) is 0. The SMILES string of the molecule is [B]c1cc(F)c(F)c(OCC2CC2)c1. The molecule has 1 fully saturated rings. The van der Waals surface area contributed by atoms with E-state index in [2.05, 4.69) is 0 Å². The topological polar surface area (TPSA) is 9.23 Å². The summed E-state index contributed by atoms with van der Waals surface area (Å²) in [7, 11) is 5.36. The molecule has 4 heteroatoms. The van der Waals surface area contributed by atoms with Crippen molar-refractivity contribution >= 4 is 13.3 Å². The summed E-state index contributed by atoms with van der Waals surface area (Å²) >= 11 is 0. The van der Waals surface area contributed by atoms with Crippen LogP contribution in [0.4, 0.5) is 8.78 Å². The predicted octanol–water partition coefficient (Wildman–Crippen LogP) is 1.55. The summed E-state index contributed by atoms with van der Waals surface area (Å²) in [6.07, 6.45) is 2.21. The molecule has 0 bridgehead atoms. The highest BCUT2D eigenvalue weighted by Crippen LogP contribution is 2.30. The van der Waals surface area contributed by atoms with Crippen molar-refractivity contribution in [2.45, 2.75) is 12.8 Å². The van der Waals surface area contributed by atoms with Gasteiger partial charge in [-0.3, -0.25) is 0 Å². The Bertz CT molecular complexity index is 350. The smallest absolute Gasteiger partial charge is 0.200 e. The largest absolute Gasteiger partial charge is 0.490 e. The highest BCUT2D eigenvalue weighted by Gasteiger charge is 2.23. The summed E-state index contributed by atoms with van der Waals surface area (Å²) in [5, 5.41) is 0. The molecule has 14 heavy (non-hydrogen) atoms. The van der Waals surface area contributed by atoms with Gasteiger partial charge in [0.05, 0.1) is 6.61 Å². The lowest BCUT2D eigenvalue weighted by molar-refractivity contribution is 0.280. The van der Waals surface area contributed by atoms with Crippen LogP contribution in [0.5, 0.6) is 5.75 Å². The lowest BCUT2D eigenvalue weighted by atomic mass is 9.96. The fourth-order valence-corrected chi connectivity index (χ4v) is 1.18. The lowest BCUT2D eigenvalue weighted by Gasteiger charge is -2.07. The Morgan fingerprint density at radius 1 is 1.36 bits per heavy atom. The van der Waals surface area contributed by atoms with E-state index in [1.807, 2.05) is 0 Å². The van der Waals surface area contributed by atoms with E-state index >= 15 is 0 Å². The first kappa shape index (κ1) is 9.50. The van der Waals surface area contributed by atoms with Gasteiger partial charge in [0.1, 0.15) is 7.85 Å². The average molecular weight is 194 g/mol. The molecule has 0 aromatic heterocycles. The summed E-state index contributed by atoms with van der Waals surface area (Å²) in [5.74, 6) is -1.51. The quantitative estimate of drug-likeness (QED) is 0.663. The van der Waals surface area contributed by atoms with Crippen molar-refractivity contribution in [2.24, 2.45) is 5.92 Å². The van der Waals surface area contributed by atoms with Crippen LogP contribution in [0.1, 0.15) is 12.8 Å². The standard InChI is InChI=1S/C10H9BF2O/c11-7-3-8(12)10(13)9(4-7)14-5-6-1-2-6/h3-4,6H,1-2,5H2. The van der Waals surface area contributed by atoms with Crippen LogP contribution in [-0.2, 0) is 0 Å². The van der Waals surface area contributed by atoms with E-state index < -0.39 is 11.6 Å². The molecule has 0 aliphatic heterocycles. The second-order valence-electron chi connectivity index (χ2n) is 3.57. The third-order valence-corrected chi connectivity index (χ3v) is 2.19. The number of rotatable bonds is 3. The molecule has 0 amide bonds. The van der Waals surface area contributed by atoms with Crippen molar-refractivity contribution in [3.63, 3.8) is 0 Å². The molecule has 0 unspecified atom stereocenters. The van der Waals surface area contributed by atoms with Crippen LogP contribution in [0.3, 0.4) is 0 Å². The first-order valence-corrected chi connectivity index (χ1v) is 4.54. The van der Waals surface area contributed by atoms with Gasteiger partial charge in [-0.05, 0) is 30.9 Å². The normalized spacial score (nSPS) is 15.6. The van der Waals surface area contributed by atoms with Crippen molar-refractivity contribution in [2.75, 3.05) is 6.61 Å². The molecular weight excluding hydrogens is 185 g/mol. The Labute approximate surface area is 82.5 Å². The maximum Gasteiger partial charge on any atom is 0.200 e. The number of hydrogen-bond donors (Lipinski definition) is 0. The zero-order valence-electron chi connectivity index (χ0n) is 7.59. The van der Waals surface area contributed by atoms with Gasteiger partial charge >= 0.3 is 0 Å². The molecule has 2 rings (SSSR count). The van der Waals surface area contributed by atoms with E-state index in [9.17, 15) is 8.78 Å². The third-order valence-electron chi connectivity index (χ3n) is 2.19. The molecule has 1 aromatic carbocycles. The molecule has 0 spiro atoms. The summed E-state index contributed by atoms with van der Waals surface area (Å²) < 4.78 is 31.1. The molecule has 1 aliphatic rings. The van der Waals surface area contributed by atoms with Gasteiger partial charge in [-0.15, -0.1) is 0 Å². The number of benzene rings is 1. The first-order chi connectivity index (χ1) is 6.66. The monoisotopic (exact) mass is 194 g/mol. The van der Waals surface area contributed by atoms with Crippen LogP contribution in [0.15, 0.2) is 12.1 Å². The van der Waals surface area contributed by atoms with Crippen LogP contribution in [-0.4, -0.2) is 14.5 Å². The van der Waals surface area contributed by atoms with E-state index in [1.54, 1.807) is 0 Å². The van der Waals surface area contributed by atoms with Crippen LogP contribution in [0, 0.1) is 17.6 Å². The molecule has 1 nitrogen and oxygen atoms in total. The van der Waals surface area contributed by atoms with Gasteiger partial charge in [0.2, 0.25) is 5.82 Å². The van der Waals surface area contributed by atoms with Crippen LogP contribution >= 0.6 is 0 Å². The molecule has 0 N–H and O–H groups in total. The minimum atomic E-state index is -0.962. The van der Waals surface area contributed by atoms with Gasteiger partial charge in [-0.1, -0.05) is 5.46 Å². The molecule has 0 atom stereocenters. The zero-order valence-corrected chi connectivity index (χ0v) is 7.59. The number of hydrogen-bond acceptors (Lipinski definition) is 1. The minimum Gasteiger partial charge on any atom is -0.490 e. The molecule has 2 radical (unpaired) electrons. The molecule has 72 valence electrons. The second kappa shape index (κ2) is 3.60. The van der Waals surface area contributed by atoms with Gasteiger partial charge in [0.15, 0.2) is 11.6 Å². The van der Waals surface area contributed by atoms with Crippen molar-refractivity contribution in [3.05, 3.63) is 23.8 Å². The van der Waals surface area contributed by atoms with E-state index in [0.717, 1.165) is 18.9 Å². The van der Waals surface area contributed by atoms with E-state index in [0.29, 0.717) is 12.5 Å². The van der Waals surface area contributed by atoms with E-state index in [-0.39, 0.29) is 11.2 Å². The highest BCUT2D eigenvalue weighted by molar-refractivity contribution is 6.32. The first-order valence-electron chi connectivity index (χ1n) is 4.54. The molecule has 0 heterocycles. The van der Waals surface area contributed by atoms with E-state index in [4.69, 9.17) is 12.6 Å². The molecule has 1 saturated carbocycles. The number of ether oxygens (including phenoxy) is 1. The maximum absolute atomic E-state index is 13.1. The Balaban J connectivity index is 2.13. The van der Waals surface area contributed by atoms with Crippen molar-refractivity contribution in [3.8, 4) is 5.75 Å². The van der Waals surface area contributed by atoms with Crippen LogP contribution in [0.2, 0.25) is 0 Å². The van der Waals surface area contributed by atoms with Crippen LogP contribution < -0.4 is 10.2 Å². The Hall–Kier alpha value is -1.06. The summed E-state index contributed by atoms with van der Waals surface area (Å²) in [6.45, 7) is 0.444. The van der Waals surface area contributed by atoms with Crippen molar-refractivity contribution in [1.82, 2.24) is 0 Å². The molecular formula is C10H9BF2O. The fraction of sp³-hybridized carbons (Fsp3) is 0.400. The second-order valence-corrected chi connectivity index (χ2v) is 3.57. The zero-order chi connectivity index (χ0) is 10.1. The van der Waals surface area contributed by atoms with Gasteiger partial charge in [-0.25, -0.2) is 4.39 Å². The van der Waals surface area contributed by atoms with Crippen molar-refractivity contribution in [1.29, 1.82) is 0 Å². The van der Waals surface area contributed by atoms with Gasteiger partial charge in [-0.2, -0.15) is 4.39 Å². The molecule has 1 aromatic rings. The van der Waals surface area contributed by atoms with Gasteiger partial charge < -0.3 is 4.74 Å². The van der Waals surface area contributed by atoms with Gasteiger partial charge in [0, 0.05) is 0 Å². The van der Waals surface area contributed by atoms with Crippen molar-refractivity contribution < 1.29 is 13.5 Å². The maximum atomic E-state index is 13.1. The number of halogens is 2. The summed E-state index contributed by atoms with van der Waals surface area (Å²) in [5.41, 5.74) is 0.176. The van der Waals surface area contributed by atoms with Gasteiger partial charge in [0.25, 0.3) is 0 Å². The Morgan fingerprint density at radius 2 is 2.07 bits per heavy atom. The predicted molar refractivity (Wildman–Crippen MR) is 50.0 cm³/mol. The van der Waals surface area contributed by atoms with E-state index in [1.165, 1.54) is 6.07 Å². The lowest BCUT2D eigenvalue weighted by Crippen LogP contribution is -2.09. The fourth-order valence-electron chi connectivity index (χ4n) is 1.18.